The van der Waals surface area contributed by atoms with Gasteiger partial charge in [0.2, 0.25) is 15.9 Å². The Morgan fingerprint density at radius 3 is 2.30 bits per heavy atom. The predicted octanol–water partition coefficient (Wildman–Crippen LogP) is 1.37. The lowest BCUT2D eigenvalue weighted by Crippen LogP contribution is -2.45. The molecule has 1 N–H and O–H groups in total. The molecule has 1 fully saturated rings. The summed E-state index contributed by atoms with van der Waals surface area (Å²) in [7, 11) is -3.77. The Morgan fingerprint density at radius 2 is 1.63 bits per heavy atom. The maximum Gasteiger partial charge on any atom is 0.243 e. The van der Waals surface area contributed by atoms with Gasteiger partial charge in [0.05, 0.1) is 24.7 Å². The normalized spacial score (nSPS) is 15.2. The number of amides is 1. The maximum atomic E-state index is 13.1. The molecule has 1 saturated heterocycles. The Morgan fingerprint density at radius 1 is 1.00 bits per heavy atom. The summed E-state index contributed by atoms with van der Waals surface area (Å²) in [5, 5.41) is 2.85. The SMILES string of the molecule is O=C(CN(CCc1ccccc1)S(=O)(=O)c1ccccc1)NCCN1CCOCC1. The number of carbonyl (C=O) groups excluding carboxylic acids is 1. The van der Waals surface area contributed by atoms with E-state index in [2.05, 4.69) is 10.2 Å². The third-order valence-electron chi connectivity index (χ3n) is 5.05. The molecule has 2 aromatic rings. The second-order valence-electron chi connectivity index (χ2n) is 7.19. The number of nitrogens with zero attached hydrogens (tertiary/aromatic N) is 2. The smallest absolute Gasteiger partial charge is 0.243 e. The molecule has 1 aliphatic rings. The molecular weight excluding hydrogens is 402 g/mol. The predicted molar refractivity (Wildman–Crippen MR) is 116 cm³/mol. The number of nitrogens with one attached hydrogen (secondary N) is 1. The highest BCUT2D eigenvalue weighted by atomic mass is 32.2. The van der Waals surface area contributed by atoms with Crippen LogP contribution in [-0.2, 0) is 26.0 Å². The largest absolute Gasteiger partial charge is 0.379 e. The average molecular weight is 432 g/mol. The molecule has 0 spiro atoms. The fourth-order valence-electron chi connectivity index (χ4n) is 3.32. The van der Waals surface area contributed by atoms with E-state index in [0.717, 1.165) is 25.2 Å². The van der Waals surface area contributed by atoms with Gasteiger partial charge in [0.1, 0.15) is 0 Å². The Bertz CT molecular complexity index is 885. The highest BCUT2D eigenvalue weighted by Crippen LogP contribution is 2.16. The van der Waals surface area contributed by atoms with Gasteiger partial charge in [-0.1, -0.05) is 48.5 Å². The van der Waals surface area contributed by atoms with Gasteiger partial charge in [-0.15, -0.1) is 0 Å². The molecular formula is C22H29N3O4S. The van der Waals surface area contributed by atoms with Crippen LogP contribution in [0, 0.1) is 0 Å². The first-order chi connectivity index (χ1) is 14.6. The van der Waals surface area contributed by atoms with E-state index in [0.29, 0.717) is 26.2 Å². The first kappa shape index (κ1) is 22.4. The number of morpholine rings is 1. The van der Waals surface area contributed by atoms with Gasteiger partial charge in [-0.3, -0.25) is 9.69 Å². The molecule has 7 nitrogen and oxygen atoms in total. The lowest BCUT2D eigenvalue weighted by Gasteiger charge is -2.27. The van der Waals surface area contributed by atoms with Gasteiger partial charge >= 0.3 is 0 Å². The molecule has 1 heterocycles. The first-order valence-electron chi connectivity index (χ1n) is 10.2. The van der Waals surface area contributed by atoms with E-state index in [9.17, 15) is 13.2 Å². The Hall–Kier alpha value is -2.26. The standard InChI is InChI=1S/C22H29N3O4S/c26-22(23-12-14-24-15-17-29-18-16-24)19-25(13-11-20-7-3-1-4-8-20)30(27,28)21-9-5-2-6-10-21/h1-10H,11-19H2,(H,23,26). The summed E-state index contributed by atoms with van der Waals surface area (Å²) in [6.45, 7) is 4.35. The zero-order valence-corrected chi connectivity index (χ0v) is 17.9. The van der Waals surface area contributed by atoms with Crippen LogP contribution in [0.25, 0.3) is 0 Å². The topological polar surface area (TPSA) is 79.0 Å². The van der Waals surface area contributed by atoms with Gasteiger partial charge in [-0.2, -0.15) is 4.31 Å². The molecule has 0 bridgehead atoms. The van der Waals surface area contributed by atoms with Crippen LogP contribution in [0.1, 0.15) is 5.56 Å². The van der Waals surface area contributed by atoms with Gasteiger partial charge in [0.15, 0.2) is 0 Å². The van der Waals surface area contributed by atoms with Gasteiger partial charge in [-0.25, -0.2) is 8.42 Å². The van der Waals surface area contributed by atoms with Crippen LogP contribution >= 0.6 is 0 Å². The molecule has 0 aromatic heterocycles. The molecule has 0 aliphatic carbocycles. The van der Waals surface area contributed by atoms with E-state index in [4.69, 9.17) is 4.74 Å². The number of rotatable bonds is 10. The molecule has 2 aromatic carbocycles. The number of hydrogen-bond donors (Lipinski definition) is 1. The molecule has 30 heavy (non-hydrogen) atoms. The van der Waals surface area contributed by atoms with Crippen molar-refractivity contribution < 1.29 is 17.9 Å². The van der Waals surface area contributed by atoms with Crippen LogP contribution < -0.4 is 5.32 Å². The van der Waals surface area contributed by atoms with Crippen LogP contribution in [0.15, 0.2) is 65.6 Å². The lowest BCUT2D eigenvalue weighted by molar-refractivity contribution is -0.121. The summed E-state index contributed by atoms with van der Waals surface area (Å²) < 4.78 is 32.9. The number of hydrogen-bond acceptors (Lipinski definition) is 5. The third-order valence-corrected chi connectivity index (χ3v) is 6.91. The number of ether oxygens (including phenoxy) is 1. The van der Waals surface area contributed by atoms with Crippen molar-refractivity contribution in [3.63, 3.8) is 0 Å². The highest BCUT2D eigenvalue weighted by molar-refractivity contribution is 7.89. The quantitative estimate of drug-likeness (QED) is 0.615. The van der Waals surface area contributed by atoms with E-state index in [1.54, 1.807) is 30.3 Å². The zero-order chi connectivity index (χ0) is 21.2. The lowest BCUT2D eigenvalue weighted by atomic mass is 10.1. The van der Waals surface area contributed by atoms with Gasteiger partial charge in [0, 0.05) is 32.7 Å². The number of carbonyl (C=O) groups is 1. The minimum atomic E-state index is -3.77. The van der Waals surface area contributed by atoms with E-state index in [-0.39, 0.29) is 23.9 Å². The van der Waals surface area contributed by atoms with Crippen LogP contribution in [0.5, 0.6) is 0 Å². The van der Waals surface area contributed by atoms with Crippen LogP contribution in [0.4, 0.5) is 0 Å². The average Bonchev–Trinajstić information content (AvgIpc) is 2.78. The van der Waals surface area contributed by atoms with Crippen molar-refractivity contribution in [1.29, 1.82) is 0 Å². The third kappa shape index (κ3) is 6.63. The van der Waals surface area contributed by atoms with E-state index in [1.807, 2.05) is 30.3 Å². The van der Waals surface area contributed by atoms with E-state index < -0.39 is 10.0 Å². The van der Waals surface area contributed by atoms with Crippen molar-refractivity contribution in [3.05, 3.63) is 66.2 Å². The second-order valence-corrected chi connectivity index (χ2v) is 9.13. The van der Waals surface area contributed by atoms with Crippen LogP contribution in [-0.4, -0.2) is 76.0 Å². The fraction of sp³-hybridized carbons (Fsp3) is 0.409. The minimum Gasteiger partial charge on any atom is -0.379 e. The molecule has 1 aliphatic heterocycles. The van der Waals surface area contributed by atoms with Crippen molar-refractivity contribution in [3.8, 4) is 0 Å². The van der Waals surface area contributed by atoms with Crippen molar-refractivity contribution in [1.82, 2.24) is 14.5 Å². The molecule has 0 unspecified atom stereocenters. The fourth-order valence-corrected chi connectivity index (χ4v) is 4.74. The maximum absolute atomic E-state index is 13.1. The number of benzene rings is 2. The minimum absolute atomic E-state index is 0.194. The first-order valence-corrected chi connectivity index (χ1v) is 11.7. The highest BCUT2D eigenvalue weighted by Gasteiger charge is 2.26. The molecule has 0 radical (unpaired) electrons. The zero-order valence-electron chi connectivity index (χ0n) is 17.1. The van der Waals surface area contributed by atoms with Crippen molar-refractivity contribution in [2.24, 2.45) is 0 Å². The Labute approximate surface area is 178 Å². The molecule has 0 saturated carbocycles. The Balaban J connectivity index is 1.61. The summed E-state index contributed by atoms with van der Waals surface area (Å²) in [6, 6.07) is 17.9. The van der Waals surface area contributed by atoms with Crippen LogP contribution in [0.3, 0.4) is 0 Å². The summed E-state index contributed by atoms with van der Waals surface area (Å²) in [6.07, 6.45) is 0.536. The second kappa shape index (κ2) is 11.2. The van der Waals surface area contributed by atoms with Gasteiger partial charge in [-0.05, 0) is 24.1 Å². The van der Waals surface area contributed by atoms with E-state index >= 15 is 0 Å². The summed E-state index contributed by atoms with van der Waals surface area (Å²) in [4.78, 5) is 14.9. The summed E-state index contributed by atoms with van der Waals surface area (Å²) >= 11 is 0. The van der Waals surface area contributed by atoms with Crippen molar-refractivity contribution >= 4 is 15.9 Å². The summed E-state index contributed by atoms with van der Waals surface area (Å²) in [5.74, 6) is -0.296. The molecule has 162 valence electrons. The molecule has 8 heteroatoms. The van der Waals surface area contributed by atoms with Gasteiger partial charge < -0.3 is 10.1 Å². The summed E-state index contributed by atoms with van der Waals surface area (Å²) in [5.41, 5.74) is 1.03. The number of sulfonamides is 1. The molecule has 0 atom stereocenters. The van der Waals surface area contributed by atoms with Crippen LogP contribution in [0.2, 0.25) is 0 Å². The Kier molecular flexibility index (Phi) is 8.39. The molecule has 1 amide bonds. The van der Waals surface area contributed by atoms with Crippen molar-refractivity contribution in [2.75, 3.05) is 52.5 Å². The van der Waals surface area contributed by atoms with E-state index in [1.165, 1.54) is 4.31 Å². The molecule has 3 rings (SSSR count). The van der Waals surface area contributed by atoms with Crippen molar-refractivity contribution in [2.45, 2.75) is 11.3 Å². The monoisotopic (exact) mass is 431 g/mol. The van der Waals surface area contributed by atoms with Gasteiger partial charge in [0.25, 0.3) is 0 Å².